The maximum absolute atomic E-state index is 11.3. The first-order valence-corrected chi connectivity index (χ1v) is 6.62. The van der Waals surface area contributed by atoms with Gasteiger partial charge in [0.2, 0.25) is 0 Å². The first kappa shape index (κ1) is 12.1. The Morgan fingerprint density at radius 1 is 1.42 bits per heavy atom. The maximum Gasteiger partial charge on any atom is 0.312 e. The van der Waals surface area contributed by atoms with Crippen molar-refractivity contribution in [2.45, 2.75) is 25.2 Å². The molecule has 0 aliphatic heterocycles. The second-order valence-corrected chi connectivity index (χ2v) is 5.42. The maximum atomic E-state index is 11.3. The van der Waals surface area contributed by atoms with Crippen LogP contribution in [0.2, 0.25) is 0 Å². The van der Waals surface area contributed by atoms with Crippen molar-refractivity contribution in [2.75, 3.05) is 19.0 Å². The number of carboxylic acid groups (broad SMARTS) is 1. The molecule has 3 rings (SSSR count). The highest BCUT2D eigenvalue weighted by atomic mass is 16.4. The SMILES string of the molecule is CN(C)c1ccc2[nH]c3c(c2c1)CCCC3C(=O)O. The number of hydrogen-bond acceptors (Lipinski definition) is 2. The van der Waals surface area contributed by atoms with Gasteiger partial charge in [0.25, 0.3) is 0 Å². The van der Waals surface area contributed by atoms with E-state index in [1.54, 1.807) is 0 Å². The summed E-state index contributed by atoms with van der Waals surface area (Å²) in [6.07, 6.45) is 2.65. The van der Waals surface area contributed by atoms with Crippen LogP contribution in [0.5, 0.6) is 0 Å². The predicted molar refractivity (Wildman–Crippen MR) is 75.9 cm³/mol. The zero-order valence-electron chi connectivity index (χ0n) is 11.2. The van der Waals surface area contributed by atoms with Crippen LogP contribution < -0.4 is 4.90 Å². The zero-order valence-corrected chi connectivity index (χ0v) is 11.2. The molecule has 1 aromatic heterocycles. The summed E-state index contributed by atoms with van der Waals surface area (Å²) in [6.45, 7) is 0. The third-order valence-corrected chi connectivity index (χ3v) is 4.01. The molecule has 2 aromatic rings. The summed E-state index contributed by atoms with van der Waals surface area (Å²) in [5, 5.41) is 10.5. The molecule has 1 atom stereocenters. The Bertz CT molecular complexity index is 643. The number of benzene rings is 1. The van der Waals surface area contributed by atoms with Crippen LogP contribution in [-0.4, -0.2) is 30.2 Å². The molecular weight excluding hydrogens is 240 g/mol. The van der Waals surface area contributed by atoms with E-state index in [0.29, 0.717) is 0 Å². The summed E-state index contributed by atoms with van der Waals surface area (Å²) in [5.41, 5.74) is 4.29. The average Bonchev–Trinajstić information content (AvgIpc) is 2.75. The first-order chi connectivity index (χ1) is 9.08. The Morgan fingerprint density at radius 3 is 2.89 bits per heavy atom. The third kappa shape index (κ3) is 1.87. The zero-order chi connectivity index (χ0) is 13.6. The van der Waals surface area contributed by atoms with E-state index in [9.17, 15) is 9.90 Å². The van der Waals surface area contributed by atoms with Crippen molar-refractivity contribution in [1.29, 1.82) is 0 Å². The van der Waals surface area contributed by atoms with Crippen molar-refractivity contribution in [1.82, 2.24) is 4.98 Å². The number of aromatic nitrogens is 1. The van der Waals surface area contributed by atoms with Gasteiger partial charge in [-0.2, -0.15) is 0 Å². The van der Waals surface area contributed by atoms with Gasteiger partial charge in [-0.15, -0.1) is 0 Å². The van der Waals surface area contributed by atoms with Crippen molar-refractivity contribution in [3.8, 4) is 0 Å². The van der Waals surface area contributed by atoms with E-state index in [1.807, 2.05) is 20.2 Å². The minimum absolute atomic E-state index is 0.376. The van der Waals surface area contributed by atoms with Crippen LogP contribution in [0.15, 0.2) is 18.2 Å². The molecule has 0 fully saturated rings. The second kappa shape index (κ2) is 4.30. The van der Waals surface area contributed by atoms with E-state index in [2.05, 4.69) is 22.0 Å². The number of aryl methyl sites for hydroxylation is 1. The number of nitrogens with one attached hydrogen (secondary N) is 1. The Hall–Kier alpha value is -1.97. The van der Waals surface area contributed by atoms with Gasteiger partial charge in [0.05, 0.1) is 5.92 Å². The fraction of sp³-hybridized carbons (Fsp3) is 0.400. The van der Waals surface area contributed by atoms with Gasteiger partial charge in [-0.25, -0.2) is 0 Å². The Balaban J connectivity index is 2.19. The molecule has 1 heterocycles. The molecule has 0 radical (unpaired) electrons. The quantitative estimate of drug-likeness (QED) is 0.870. The fourth-order valence-corrected chi connectivity index (χ4v) is 2.98. The lowest BCUT2D eigenvalue weighted by molar-refractivity contribution is -0.139. The van der Waals surface area contributed by atoms with Crippen molar-refractivity contribution in [3.63, 3.8) is 0 Å². The molecule has 1 aromatic carbocycles. The molecule has 2 N–H and O–H groups in total. The van der Waals surface area contributed by atoms with Gasteiger partial charge >= 0.3 is 5.97 Å². The first-order valence-electron chi connectivity index (χ1n) is 6.62. The molecule has 4 nitrogen and oxygen atoms in total. The largest absolute Gasteiger partial charge is 0.481 e. The molecule has 19 heavy (non-hydrogen) atoms. The molecule has 4 heteroatoms. The molecule has 0 amide bonds. The summed E-state index contributed by atoms with van der Waals surface area (Å²) in [6, 6.07) is 6.25. The van der Waals surface area contributed by atoms with Crippen LogP contribution in [0, 0.1) is 0 Å². The number of nitrogens with zero attached hydrogens (tertiary/aromatic N) is 1. The fourth-order valence-electron chi connectivity index (χ4n) is 2.98. The highest BCUT2D eigenvalue weighted by Gasteiger charge is 2.29. The van der Waals surface area contributed by atoms with E-state index < -0.39 is 5.97 Å². The van der Waals surface area contributed by atoms with E-state index in [4.69, 9.17) is 0 Å². The number of carboxylic acids is 1. The van der Waals surface area contributed by atoms with Gasteiger partial charge in [-0.1, -0.05) is 0 Å². The van der Waals surface area contributed by atoms with Gasteiger partial charge in [0, 0.05) is 36.4 Å². The van der Waals surface area contributed by atoms with E-state index in [0.717, 1.165) is 36.2 Å². The van der Waals surface area contributed by atoms with Crippen molar-refractivity contribution in [2.24, 2.45) is 0 Å². The summed E-state index contributed by atoms with van der Waals surface area (Å²) < 4.78 is 0. The van der Waals surface area contributed by atoms with Crippen LogP contribution in [0.1, 0.15) is 30.0 Å². The van der Waals surface area contributed by atoms with Gasteiger partial charge in [0.15, 0.2) is 0 Å². The van der Waals surface area contributed by atoms with Crippen LogP contribution >= 0.6 is 0 Å². The summed E-state index contributed by atoms with van der Waals surface area (Å²) in [4.78, 5) is 16.7. The van der Waals surface area contributed by atoms with Crippen molar-refractivity contribution >= 4 is 22.6 Å². The summed E-state index contributed by atoms with van der Waals surface area (Å²) in [5.74, 6) is -1.10. The lowest BCUT2D eigenvalue weighted by Gasteiger charge is -2.19. The minimum atomic E-state index is -0.722. The molecular formula is C15H18N2O2. The Morgan fingerprint density at radius 2 is 2.21 bits per heavy atom. The van der Waals surface area contributed by atoms with Crippen LogP contribution in [0.3, 0.4) is 0 Å². The van der Waals surface area contributed by atoms with Gasteiger partial charge < -0.3 is 15.0 Å². The number of fused-ring (bicyclic) bond motifs is 3. The Labute approximate surface area is 112 Å². The third-order valence-electron chi connectivity index (χ3n) is 4.01. The highest BCUT2D eigenvalue weighted by Crippen LogP contribution is 2.37. The highest BCUT2D eigenvalue weighted by molar-refractivity contribution is 5.90. The molecule has 0 saturated carbocycles. The van der Waals surface area contributed by atoms with E-state index in [-0.39, 0.29) is 5.92 Å². The second-order valence-electron chi connectivity index (χ2n) is 5.42. The number of hydrogen-bond donors (Lipinski definition) is 2. The molecule has 1 unspecified atom stereocenters. The normalized spacial score (nSPS) is 18.3. The average molecular weight is 258 g/mol. The number of aromatic amines is 1. The predicted octanol–water partition coefficient (Wildman–Crippen LogP) is 2.74. The van der Waals surface area contributed by atoms with Gasteiger partial charge in [-0.3, -0.25) is 4.79 Å². The van der Waals surface area contributed by atoms with E-state index >= 15 is 0 Å². The van der Waals surface area contributed by atoms with Crippen LogP contribution in [-0.2, 0) is 11.2 Å². The van der Waals surface area contributed by atoms with Gasteiger partial charge in [0.1, 0.15) is 0 Å². The summed E-state index contributed by atoms with van der Waals surface area (Å²) >= 11 is 0. The molecule has 1 aliphatic rings. The topological polar surface area (TPSA) is 56.3 Å². The minimum Gasteiger partial charge on any atom is -0.481 e. The van der Waals surface area contributed by atoms with Gasteiger partial charge in [-0.05, 0) is 43.0 Å². The Kier molecular flexibility index (Phi) is 2.73. The summed E-state index contributed by atoms with van der Waals surface area (Å²) in [7, 11) is 4.03. The number of carbonyl (C=O) groups is 1. The molecule has 100 valence electrons. The number of H-pyrrole nitrogens is 1. The molecule has 0 bridgehead atoms. The van der Waals surface area contributed by atoms with Crippen molar-refractivity contribution in [3.05, 3.63) is 29.5 Å². The smallest absolute Gasteiger partial charge is 0.312 e. The molecule has 0 spiro atoms. The number of anilines is 1. The lowest BCUT2D eigenvalue weighted by Crippen LogP contribution is -2.17. The molecule has 1 aliphatic carbocycles. The lowest BCUT2D eigenvalue weighted by atomic mass is 9.87. The molecule has 0 saturated heterocycles. The van der Waals surface area contributed by atoms with Crippen molar-refractivity contribution < 1.29 is 9.90 Å². The van der Waals surface area contributed by atoms with Crippen LogP contribution in [0.4, 0.5) is 5.69 Å². The van der Waals surface area contributed by atoms with E-state index in [1.165, 1.54) is 10.9 Å². The number of aliphatic carboxylic acids is 1. The standard InChI is InChI=1S/C15H18N2O2/c1-17(2)9-6-7-13-12(8-9)10-4-3-5-11(15(18)19)14(10)16-13/h6-8,11,16H,3-5H2,1-2H3,(H,18,19). The number of rotatable bonds is 2. The monoisotopic (exact) mass is 258 g/mol. The van der Waals surface area contributed by atoms with Crippen LogP contribution in [0.25, 0.3) is 10.9 Å².